The molecule has 2 aliphatic carbocycles. The summed E-state index contributed by atoms with van der Waals surface area (Å²) in [5.74, 6) is 0. The van der Waals surface area contributed by atoms with Crippen molar-refractivity contribution >= 4 is 0 Å². The maximum absolute atomic E-state index is 6.08. The Kier molecular flexibility index (Phi) is 3.42. The molecule has 0 aromatic heterocycles. The van der Waals surface area contributed by atoms with Crippen molar-refractivity contribution in [3.63, 3.8) is 0 Å². The molecule has 1 unspecified atom stereocenters. The molecule has 1 saturated heterocycles. The normalized spacial score (nSPS) is 36.5. The van der Waals surface area contributed by atoms with E-state index in [-0.39, 0.29) is 5.54 Å². The first-order valence-corrected chi connectivity index (χ1v) is 7.53. The van der Waals surface area contributed by atoms with Crippen molar-refractivity contribution in [2.45, 2.75) is 69.0 Å². The third kappa shape index (κ3) is 2.67. The number of hydrogen-bond donors (Lipinski definition) is 2. The minimum atomic E-state index is 0.241. The van der Waals surface area contributed by atoms with Crippen molar-refractivity contribution in [2.75, 3.05) is 19.6 Å². The molecule has 3 nitrogen and oxygen atoms in total. The van der Waals surface area contributed by atoms with Crippen molar-refractivity contribution in [1.29, 1.82) is 0 Å². The largest absolute Gasteiger partial charge is 0.329 e. The molecule has 3 N–H and O–H groups in total. The van der Waals surface area contributed by atoms with E-state index < -0.39 is 0 Å². The van der Waals surface area contributed by atoms with E-state index in [0.29, 0.717) is 0 Å². The number of nitrogens with one attached hydrogen (secondary N) is 1. The smallest absolute Gasteiger partial charge is 0.0447 e. The molecule has 1 aliphatic heterocycles. The molecule has 0 aromatic rings. The van der Waals surface area contributed by atoms with Crippen LogP contribution in [0, 0.1) is 0 Å². The van der Waals surface area contributed by atoms with E-state index in [4.69, 9.17) is 5.73 Å². The topological polar surface area (TPSA) is 41.3 Å². The third-order valence-electron chi connectivity index (χ3n) is 4.95. The maximum atomic E-state index is 6.08. The van der Waals surface area contributed by atoms with Crippen molar-refractivity contribution in [3.8, 4) is 0 Å². The second-order valence-corrected chi connectivity index (χ2v) is 6.42. The van der Waals surface area contributed by atoms with Gasteiger partial charge < -0.3 is 11.1 Å². The Bertz CT molecular complexity index is 258. The molecular formula is C14H27N3. The van der Waals surface area contributed by atoms with Crippen LogP contribution in [0.15, 0.2) is 0 Å². The summed E-state index contributed by atoms with van der Waals surface area (Å²) in [7, 11) is 0. The van der Waals surface area contributed by atoms with Crippen molar-refractivity contribution in [3.05, 3.63) is 0 Å². The lowest BCUT2D eigenvalue weighted by Gasteiger charge is -2.36. The first-order chi connectivity index (χ1) is 8.31. The minimum Gasteiger partial charge on any atom is -0.329 e. The fourth-order valence-corrected chi connectivity index (χ4v) is 3.68. The predicted molar refractivity (Wildman–Crippen MR) is 71.0 cm³/mol. The summed E-state index contributed by atoms with van der Waals surface area (Å²) in [5, 5.41) is 3.93. The zero-order valence-corrected chi connectivity index (χ0v) is 11.0. The quantitative estimate of drug-likeness (QED) is 0.778. The molecule has 3 heteroatoms. The summed E-state index contributed by atoms with van der Waals surface area (Å²) >= 11 is 0. The fraction of sp³-hybridized carbons (Fsp3) is 1.00. The van der Waals surface area contributed by atoms with E-state index in [1.165, 1.54) is 64.5 Å². The van der Waals surface area contributed by atoms with Gasteiger partial charge in [0.2, 0.25) is 0 Å². The average Bonchev–Trinajstić information content (AvgIpc) is 3.14. The summed E-state index contributed by atoms with van der Waals surface area (Å²) in [6.07, 6.45) is 11.1. The fourth-order valence-electron chi connectivity index (χ4n) is 3.68. The highest BCUT2D eigenvalue weighted by molar-refractivity contribution is 5.03. The highest BCUT2D eigenvalue weighted by Gasteiger charge is 2.43. The number of nitrogens with zero attached hydrogens (tertiary/aromatic N) is 1. The Morgan fingerprint density at radius 1 is 1.12 bits per heavy atom. The van der Waals surface area contributed by atoms with Gasteiger partial charge in [-0.25, -0.2) is 0 Å². The van der Waals surface area contributed by atoms with Gasteiger partial charge in [0.05, 0.1) is 0 Å². The minimum absolute atomic E-state index is 0.241. The van der Waals surface area contributed by atoms with Crippen LogP contribution in [0.2, 0.25) is 0 Å². The summed E-state index contributed by atoms with van der Waals surface area (Å²) in [4.78, 5) is 2.67. The molecule has 3 aliphatic rings. The van der Waals surface area contributed by atoms with E-state index in [1.807, 2.05) is 0 Å². The predicted octanol–water partition coefficient (Wildman–Crippen LogP) is 1.47. The Morgan fingerprint density at radius 3 is 2.53 bits per heavy atom. The van der Waals surface area contributed by atoms with Gasteiger partial charge in [-0.05, 0) is 32.1 Å². The van der Waals surface area contributed by atoms with Gasteiger partial charge in [-0.2, -0.15) is 0 Å². The second kappa shape index (κ2) is 4.87. The first-order valence-electron chi connectivity index (χ1n) is 7.53. The van der Waals surface area contributed by atoms with Crippen molar-refractivity contribution in [1.82, 2.24) is 10.2 Å². The molecule has 3 fully saturated rings. The van der Waals surface area contributed by atoms with E-state index in [1.54, 1.807) is 0 Å². The van der Waals surface area contributed by atoms with Gasteiger partial charge in [0.1, 0.15) is 0 Å². The maximum Gasteiger partial charge on any atom is 0.0447 e. The summed E-state index contributed by atoms with van der Waals surface area (Å²) in [6.45, 7) is 3.28. The molecule has 0 radical (unpaired) electrons. The highest BCUT2D eigenvalue weighted by Crippen LogP contribution is 2.34. The molecule has 0 spiro atoms. The van der Waals surface area contributed by atoms with Crippen LogP contribution in [-0.4, -0.2) is 42.2 Å². The van der Waals surface area contributed by atoms with Crippen molar-refractivity contribution < 1.29 is 0 Å². The van der Waals surface area contributed by atoms with Crippen LogP contribution in [-0.2, 0) is 0 Å². The molecule has 1 heterocycles. The third-order valence-corrected chi connectivity index (χ3v) is 4.95. The van der Waals surface area contributed by atoms with Gasteiger partial charge in [-0.1, -0.05) is 19.3 Å². The van der Waals surface area contributed by atoms with Gasteiger partial charge in [0, 0.05) is 37.3 Å². The molecule has 0 aromatic carbocycles. The van der Waals surface area contributed by atoms with Crippen LogP contribution in [0.1, 0.15) is 51.4 Å². The van der Waals surface area contributed by atoms with Crippen LogP contribution in [0.3, 0.4) is 0 Å². The molecular weight excluding hydrogens is 210 g/mol. The summed E-state index contributed by atoms with van der Waals surface area (Å²) in [6, 6.07) is 1.64. The van der Waals surface area contributed by atoms with Gasteiger partial charge in [0.15, 0.2) is 0 Å². The van der Waals surface area contributed by atoms with Crippen LogP contribution in [0.4, 0.5) is 0 Å². The number of rotatable bonds is 4. The lowest BCUT2D eigenvalue weighted by atomic mass is 9.90. The van der Waals surface area contributed by atoms with E-state index in [2.05, 4.69) is 10.2 Å². The van der Waals surface area contributed by atoms with Crippen molar-refractivity contribution in [2.24, 2.45) is 5.73 Å². The van der Waals surface area contributed by atoms with E-state index in [0.717, 1.165) is 18.6 Å². The molecule has 98 valence electrons. The molecule has 1 atom stereocenters. The number of nitrogens with two attached hydrogens (primary N) is 1. The van der Waals surface area contributed by atoms with E-state index >= 15 is 0 Å². The monoisotopic (exact) mass is 237 g/mol. The summed E-state index contributed by atoms with van der Waals surface area (Å²) < 4.78 is 0. The average molecular weight is 237 g/mol. The van der Waals surface area contributed by atoms with Crippen LogP contribution >= 0.6 is 0 Å². The van der Waals surface area contributed by atoms with E-state index in [9.17, 15) is 0 Å². The number of likely N-dealkylation sites (tertiary alicyclic amines) is 1. The Morgan fingerprint density at radius 2 is 1.88 bits per heavy atom. The molecule has 17 heavy (non-hydrogen) atoms. The second-order valence-electron chi connectivity index (χ2n) is 6.42. The van der Waals surface area contributed by atoms with Crippen LogP contribution in [0.25, 0.3) is 0 Å². The Labute approximate surface area is 105 Å². The standard InChI is InChI=1S/C14H27N3/c15-10-14(16-12-4-2-1-3-5-12)8-9-17(11-14)13-6-7-13/h12-13,16H,1-11,15H2. The lowest BCUT2D eigenvalue weighted by Crippen LogP contribution is -2.57. The summed E-state index contributed by atoms with van der Waals surface area (Å²) in [5.41, 5.74) is 6.32. The Balaban J connectivity index is 1.57. The van der Waals surface area contributed by atoms with Crippen LogP contribution < -0.4 is 11.1 Å². The molecule has 0 bridgehead atoms. The highest BCUT2D eigenvalue weighted by atomic mass is 15.3. The zero-order chi connectivity index (χ0) is 11.7. The van der Waals surface area contributed by atoms with Gasteiger partial charge in [-0.15, -0.1) is 0 Å². The first kappa shape index (κ1) is 11.9. The SMILES string of the molecule is NCC1(NC2CCCCC2)CCN(C2CC2)C1. The van der Waals surface area contributed by atoms with Gasteiger partial charge in [0.25, 0.3) is 0 Å². The molecule has 0 amide bonds. The lowest BCUT2D eigenvalue weighted by molar-refractivity contribution is 0.235. The van der Waals surface area contributed by atoms with Gasteiger partial charge in [-0.3, -0.25) is 4.90 Å². The van der Waals surface area contributed by atoms with Gasteiger partial charge >= 0.3 is 0 Å². The Hall–Kier alpha value is -0.120. The molecule has 3 rings (SSSR count). The zero-order valence-electron chi connectivity index (χ0n) is 11.0. The molecule has 2 saturated carbocycles. The van der Waals surface area contributed by atoms with Crippen LogP contribution in [0.5, 0.6) is 0 Å². The number of hydrogen-bond acceptors (Lipinski definition) is 3.